The molecule has 0 aromatic heterocycles. The van der Waals surface area contributed by atoms with Crippen molar-refractivity contribution in [3.05, 3.63) is 29.8 Å². The number of nitrogens with one attached hydrogen (secondary N) is 1. The van der Waals surface area contributed by atoms with E-state index in [2.05, 4.69) is 5.32 Å². The number of carbonyl (C=O) groups is 1. The fourth-order valence-electron chi connectivity index (χ4n) is 1.52. The molecular formula is C13H20N2O2S. The highest BCUT2D eigenvalue weighted by Crippen LogP contribution is 2.12. The van der Waals surface area contributed by atoms with Crippen molar-refractivity contribution in [3.63, 3.8) is 0 Å². The van der Waals surface area contributed by atoms with Gasteiger partial charge in [0.25, 0.3) is 0 Å². The number of carbonyl (C=O) groups excluding carboxylic acids is 1. The fraction of sp³-hybridized carbons (Fsp3) is 0.462. The number of anilines is 1. The zero-order valence-electron chi connectivity index (χ0n) is 10.8. The standard InChI is InChI=1S/C13H20N2O2S/c1-17-9-10-4-3-5-11(8-10)15-13(16)12(14)6-7-18-2/h3-5,8,12H,6-7,9,14H2,1-2H3,(H,15,16)/t12-/m0/s1. The van der Waals surface area contributed by atoms with Gasteiger partial charge < -0.3 is 15.8 Å². The lowest BCUT2D eigenvalue weighted by Gasteiger charge is -2.12. The Morgan fingerprint density at radius 3 is 3.00 bits per heavy atom. The van der Waals surface area contributed by atoms with Gasteiger partial charge in [0.1, 0.15) is 0 Å². The van der Waals surface area contributed by atoms with Crippen LogP contribution in [0.3, 0.4) is 0 Å². The maximum atomic E-state index is 11.8. The van der Waals surface area contributed by atoms with Crippen LogP contribution in [0.1, 0.15) is 12.0 Å². The van der Waals surface area contributed by atoms with Gasteiger partial charge in [-0.05, 0) is 36.1 Å². The van der Waals surface area contributed by atoms with E-state index in [0.29, 0.717) is 13.0 Å². The molecule has 1 rings (SSSR count). The number of methoxy groups -OCH3 is 1. The first-order chi connectivity index (χ1) is 8.67. The molecule has 0 saturated carbocycles. The number of nitrogens with two attached hydrogens (primary N) is 1. The summed E-state index contributed by atoms with van der Waals surface area (Å²) in [6.45, 7) is 0.530. The van der Waals surface area contributed by atoms with E-state index in [1.54, 1.807) is 18.9 Å². The lowest BCUT2D eigenvalue weighted by molar-refractivity contribution is -0.117. The first-order valence-electron chi connectivity index (χ1n) is 5.80. The van der Waals surface area contributed by atoms with Crippen molar-refractivity contribution in [2.45, 2.75) is 19.1 Å². The van der Waals surface area contributed by atoms with Gasteiger partial charge in [-0.15, -0.1) is 0 Å². The van der Waals surface area contributed by atoms with E-state index in [4.69, 9.17) is 10.5 Å². The van der Waals surface area contributed by atoms with Gasteiger partial charge in [0, 0.05) is 12.8 Å². The largest absolute Gasteiger partial charge is 0.380 e. The lowest BCUT2D eigenvalue weighted by atomic mass is 10.2. The minimum absolute atomic E-state index is 0.140. The summed E-state index contributed by atoms with van der Waals surface area (Å²) in [5, 5.41) is 2.82. The summed E-state index contributed by atoms with van der Waals surface area (Å²) < 4.78 is 5.05. The zero-order valence-corrected chi connectivity index (χ0v) is 11.6. The average Bonchev–Trinajstić information content (AvgIpc) is 2.36. The lowest BCUT2D eigenvalue weighted by Crippen LogP contribution is -2.36. The van der Waals surface area contributed by atoms with Gasteiger partial charge in [-0.25, -0.2) is 0 Å². The van der Waals surface area contributed by atoms with Crippen molar-refractivity contribution in [1.29, 1.82) is 0 Å². The van der Waals surface area contributed by atoms with Crippen molar-refractivity contribution >= 4 is 23.4 Å². The molecule has 18 heavy (non-hydrogen) atoms. The molecule has 0 unspecified atom stereocenters. The molecule has 0 heterocycles. The second-order valence-electron chi connectivity index (χ2n) is 4.01. The predicted octanol–water partition coefficient (Wildman–Crippen LogP) is 1.85. The minimum atomic E-state index is -0.455. The number of benzene rings is 1. The second-order valence-corrected chi connectivity index (χ2v) is 5.00. The number of rotatable bonds is 7. The van der Waals surface area contributed by atoms with Crippen molar-refractivity contribution in [3.8, 4) is 0 Å². The van der Waals surface area contributed by atoms with E-state index in [-0.39, 0.29) is 5.91 Å². The monoisotopic (exact) mass is 268 g/mol. The van der Waals surface area contributed by atoms with E-state index in [1.165, 1.54) is 0 Å². The molecule has 0 aliphatic carbocycles. The highest BCUT2D eigenvalue weighted by atomic mass is 32.2. The van der Waals surface area contributed by atoms with Gasteiger partial charge in [0.05, 0.1) is 12.6 Å². The molecule has 1 aromatic rings. The van der Waals surface area contributed by atoms with Crippen molar-refractivity contribution in [2.75, 3.05) is 24.4 Å². The van der Waals surface area contributed by atoms with Crippen LogP contribution in [0.25, 0.3) is 0 Å². The summed E-state index contributed by atoms with van der Waals surface area (Å²) in [5.74, 6) is 0.747. The third kappa shape index (κ3) is 5.08. The third-order valence-corrected chi connectivity index (χ3v) is 3.12. The van der Waals surface area contributed by atoms with E-state index < -0.39 is 6.04 Å². The molecule has 0 saturated heterocycles. The Kier molecular flexibility index (Phi) is 6.78. The topological polar surface area (TPSA) is 64.3 Å². The van der Waals surface area contributed by atoms with E-state index in [9.17, 15) is 4.79 Å². The first kappa shape index (κ1) is 15.0. The van der Waals surface area contributed by atoms with Gasteiger partial charge in [0.2, 0.25) is 5.91 Å². The van der Waals surface area contributed by atoms with Gasteiger partial charge in [-0.2, -0.15) is 11.8 Å². The van der Waals surface area contributed by atoms with Crippen LogP contribution in [-0.2, 0) is 16.1 Å². The Morgan fingerprint density at radius 1 is 1.56 bits per heavy atom. The van der Waals surface area contributed by atoms with Crippen LogP contribution in [0.2, 0.25) is 0 Å². The zero-order chi connectivity index (χ0) is 13.4. The molecule has 1 aromatic carbocycles. The Labute approximate surface area is 112 Å². The van der Waals surface area contributed by atoms with Gasteiger partial charge in [0.15, 0.2) is 0 Å². The van der Waals surface area contributed by atoms with Crippen molar-refractivity contribution < 1.29 is 9.53 Å². The van der Waals surface area contributed by atoms with Crippen LogP contribution in [0.4, 0.5) is 5.69 Å². The molecule has 1 atom stereocenters. The minimum Gasteiger partial charge on any atom is -0.380 e. The third-order valence-electron chi connectivity index (χ3n) is 2.48. The quantitative estimate of drug-likeness (QED) is 0.792. The molecule has 0 aliphatic rings. The van der Waals surface area contributed by atoms with Crippen LogP contribution in [0.15, 0.2) is 24.3 Å². The molecule has 1 amide bonds. The molecular weight excluding hydrogens is 248 g/mol. The predicted molar refractivity (Wildman–Crippen MR) is 76.8 cm³/mol. The van der Waals surface area contributed by atoms with E-state index >= 15 is 0 Å². The Hall–Kier alpha value is -1.04. The summed E-state index contributed by atoms with van der Waals surface area (Å²) in [6.07, 6.45) is 2.68. The van der Waals surface area contributed by atoms with Gasteiger partial charge in [-0.3, -0.25) is 4.79 Å². The van der Waals surface area contributed by atoms with Gasteiger partial charge in [-0.1, -0.05) is 12.1 Å². The smallest absolute Gasteiger partial charge is 0.241 e. The Morgan fingerprint density at radius 2 is 2.33 bits per heavy atom. The molecule has 4 nitrogen and oxygen atoms in total. The van der Waals surface area contributed by atoms with E-state index in [0.717, 1.165) is 17.0 Å². The summed E-state index contributed by atoms with van der Waals surface area (Å²) in [4.78, 5) is 11.8. The van der Waals surface area contributed by atoms with Gasteiger partial charge >= 0.3 is 0 Å². The summed E-state index contributed by atoms with van der Waals surface area (Å²) in [5.41, 5.74) is 7.58. The fourth-order valence-corrected chi connectivity index (χ4v) is 2.01. The highest BCUT2D eigenvalue weighted by Gasteiger charge is 2.12. The number of amides is 1. The van der Waals surface area contributed by atoms with Crippen LogP contribution < -0.4 is 11.1 Å². The molecule has 3 N–H and O–H groups in total. The number of hydrogen-bond acceptors (Lipinski definition) is 4. The Bertz CT molecular complexity index is 385. The summed E-state index contributed by atoms with van der Waals surface area (Å²) >= 11 is 1.69. The van der Waals surface area contributed by atoms with Crippen LogP contribution >= 0.6 is 11.8 Å². The van der Waals surface area contributed by atoms with Crippen LogP contribution in [0, 0.1) is 0 Å². The highest BCUT2D eigenvalue weighted by molar-refractivity contribution is 7.98. The molecule has 5 heteroatoms. The summed E-state index contributed by atoms with van der Waals surface area (Å²) in [6, 6.07) is 7.12. The van der Waals surface area contributed by atoms with Crippen molar-refractivity contribution in [1.82, 2.24) is 0 Å². The Balaban J connectivity index is 2.55. The molecule has 0 fully saturated rings. The SMILES string of the molecule is COCc1cccc(NC(=O)[C@@H](N)CCSC)c1. The number of hydrogen-bond donors (Lipinski definition) is 2. The van der Waals surface area contributed by atoms with E-state index in [1.807, 2.05) is 30.5 Å². The number of ether oxygens (including phenoxy) is 1. The maximum Gasteiger partial charge on any atom is 0.241 e. The molecule has 0 bridgehead atoms. The van der Waals surface area contributed by atoms with Crippen LogP contribution in [-0.4, -0.2) is 31.1 Å². The molecule has 0 radical (unpaired) electrons. The molecule has 0 aliphatic heterocycles. The second kappa shape index (κ2) is 8.13. The molecule has 100 valence electrons. The van der Waals surface area contributed by atoms with Crippen LogP contribution in [0.5, 0.6) is 0 Å². The number of thioether (sulfide) groups is 1. The average molecular weight is 268 g/mol. The normalized spacial score (nSPS) is 12.2. The molecule has 0 spiro atoms. The first-order valence-corrected chi connectivity index (χ1v) is 7.20. The maximum absolute atomic E-state index is 11.8. The van der Waals surface area contributed by atoms with Crippen molar-refractivity contribution in [2.24, 2.45) is 5.73 Å². The summed E-state index contributed by atoms with van der Waals surface area (Å²) in [7, 11) is 1.64.